The number of benzene rings is 1. The van der Waals surface area contributed by atoms with Crippen molar-refractivity contribution in [2.45, 2.75) is 32.7 Å². The first-order chi connectivity index (χ1) is 18.6. The Kier molecular flexibility index (Phi) is 8.17. The smallest absolute Gasteiger partial charge is 0.255 e. The molecule has 3 aromatic rings. The summed E-state index contributed by atoms with van der Waals surface area (Å²) in [6, 6.07) is 6.61. The van der Waals surface area contributed by atoms with E-state index in [-0.39, 0.29) is 17.6 Å². The van der Waals surface area contributed by atoms with Gasteiger partial charge < -0.3 is 25.8 Å². The van der Waals surface area contributed by atoms with E-state index in [0.29, 0.717) is 53.3 Å². The van der Waals surface area contributed by atoms with E-state index in [1.165, 1.54) is 12.1 Å². The third kappa shape index (κ3) is 6.54. The molecule has 0 spiro atoms. The van der Waals surface area contributed by atoms with Crippen LogP contribution in [0.15, 0.2) is 48.8 Å². The molecule has 8 nitrogen and oxygen atoms in total. The minimum Gasteiger partial charge on any atom is -0.356 e. The van der Waals surface area contributed by atoms with Crippen molar-refractivity contribution < 1.29 is 14.0 Å². The maximum absolute atomic E-state index is 14.3. The number of carbonyl (C=O) groups is 2. The Bertz CT molecular complexity index is 1490. The van der Waals surface area contributed by atoms with Gasteiger partial charge in [0.1, 0.15) is 5.82 Å². The number of aromatic nitrogens is 2. The fourth-order valence-electron chi connectivity index (χ4n) is 4.27. The van der Waals surface area contributed by atoms with Crippen molar-refractivity contribution in [3.8, 4) is 23.1 Å². The van der Waals surface area contributed by atoms with Crippen molar-refractivity contribution in [1.29, 1.82) is 0 Å². The molecule has 1 aromatic carbocycles. The lowest BCUT2D eigenvalue weighted by molar-refractivity contribution is -0.117. The van der Waals surface area contributed by atoms with E-state index >= 15 is 0 Å². The van der Waals surface area contributed by atoms with Crippen LogP contribution in [0.5, 0.6) is 0 Å². The average Bonchev–Trinajstić information content (AvgIpc) is 3.24. The van der Waals surface area contributed by atoms with E-state index in [0.717, 1.165) is 11.3 Å². The highest BCUT2D eigenvalue weighted by atomic mass is 19.1. The average molecular weight is 529 g/mol. The molecule has 0 unspecified atom stereocenters. The maximum Gasteiger partial charge on any atom is 0.255 e. The molecule has 2 aromatic heterocycles. The molecule has 4 rings (SSSR count). The Morgan fingerprint density at radius 3 is 2.85 bits per heavy atom. The van der Waals surface area contributed by atoms with Crippen molar-refractivity contribution in [3.63, 3.8) is 0 Å². The number of rotatable bonds is 7. The molecule has 1 aliphatic heterocycles. The zero-order chi connectivity index (χ0) is 28.2. The summed E-state index contributed by atoms with van der Waals surface area (Å²) < 4.78 is 14.3. The minimum atomic E-state index is -0.818. The van der Waals surface area contributed by atoms with Gasteiger partial charge in [0.25, 0.3) is 5.91 Å². The van der Waals surface area contributed by atoms with E-state index in [1.807, 2.05) is 38.9 Å². The Balaban J connectivity index is 1.72. The van der Waals surface area contributed by atoms with Crippen LogP contribution in [0.25, 0.3) is 11.3 Å². The molecule has 39 heavy (non-hydrogen) atoms. The maximum atomic E-state index is 14.3. The van der Waals surface area contributed by atoms with Gasteiger partial charge in [-0.1, -0.05) is 24.0 Å². The standard InChI is InChI=1S/C30H33FN6O2/c1-19-22(31)8-6-9-23(19)34-28-26-24(13-16-33-29(26)39)35-27(28)21-12-15-32-18-20(21)11-14-30(2,3)36-25(38)10-7-17-37(4)5/h6-10,12,15,18,34-35H,13,16-17H2,1-5H3,(H,33,39)(H,36,38)/b10-7+. The van der Waals surface area contributed by atoms with Crippen LogP contribution in [0.3, 0.4) is 0 Å². The number of H-pyrrole nitrogens is 1. The molecule has 2 amide bonds. The lowest BCUT2D eigenvalue weighted by Crippen LogP contribution is -2.41. The minimum absolute atomic E-state index is 0.205. The van der Waals surface area contributed by atoms with Crippen molar-refractivity contribution in [2.24, 2.45) is 0 Å². The lowest BCUT2D eigenvalue weighted by atomic mass is 10.0. The van der Waals surface area contributed by atoms with Crippen LogP contribution in [0.4, 0.5) is 15.8 Å². The molecule has 0 radical (unpaired) electrons. The van der Waals surface area contributed by atoms with E-state index in [4.69, 9.17) is 0 Å². The molecule has 0 fully saturated rings. The van der Waals surface area contributed by atoms with Crippen LogP contribution in [-0.4, -0.2) is 59.4 Å². The Morgan fingerprint density at radius 1 is 1.28 bits per heavy atom. The molecule has 9 heteroatoms. The molecule has 0 bridgehead atoms. The van der Waals surface area contributed by atoms with Crippen molar-refractivity contribution in [3.05, 3.63) is 77.0 Å². The summed E-state index contributed by atoms with van der Waals surface area (Å²) >= 11 is 0. The first kappa shape index (κ1) is 27.6. The zero-order valence-electron chi connectivity index (χ0n) is 22.8. The van der Waals surface area contributed by atoms with Crippen LogP contribution >= 0.6 is 0 Å². The number of nitrogens with one attached hydrogen (secondary N) is 4. The molecule has 3 heterocycles. The summed E-state index contributed by atoms with van der Waals surface area (Å²) in [7, 11) is 3.85. The second-order valence-corrected chi connectivity index (χ2v) is 10.2. The van der Waals surface area contributed by atoms with Crippen LogP contribution in [0, 0.1) is 24.6 Å². The summed E-state index contributed by atoms with van der Waals surface area (Å²) in [6.45, 7) is 6.51. The number of anilines is 2. The molecule has 0 saturated carbocycles. The third-order valence-corrected chi connectivity index (χ3v) is 6.27. The molecule has 0 atom stereocenters. The van der Waals surface area contributed by atoms with Gasteiger partial charge in [-0.3, -0.25) is 14.6 Å². The summed E-state index contributed by atoms with van der Waals surface area (Å²) in [5, 5.41) is 9.11. The number of amides is 2. The molecule has 0 saturated heterocycles. The highest BCUT2D eigenvalue weighted by molar-refractivity contribution is 6.06. The van der Waals surface area contributed by atoms with Crippen LogP contribution in [0.1, 0.15) is 41.0 Å². The number of pyridine rings is 1. The summed E-state index contributed by atoms with van der Waals surface area (Å²) in [6.07, 6.45) is 7.22. The first-order valence-corrected chi connectivity index (χ1v) is 12.7. The van der Waals surface area contributed by atoms with Crippen molar-refractivity contribution in [2.75, 3.05) is 32.5 Å². The molecular weight excluding hydrogens is 495 g/mol. The zero-order valence-corrected chi connectivity index (χ0v) is 22.8. The number of halogens is 1. The molecule has 0 aliphatic carbocycles. The number of hydrogen-bond acceptors (Lipinski definition) is 5. The van der Waals surface area contributed by atoms with Gasteiger partial charge in [0.15, 0.2) is 0 Å². The lowest BCUT2D eigenvalue weighted by Gasteiger charge is -2.19. The predicted octanol–water partition coefficient (Wildman–Crippen LogP) is 3.92. The number of hydrogen-bond donors (Lipinski definition) is 4. The largest absolute Gasteiger partial charge is 0.356 e. The topological polar surface area (TPSA) is 102 Å². The Labute approximate surface area is 228 Å². The van der Waals surface area contributed by atoms with Gasteiger partial charge in [-0.2, -0.15) is 0 Å². The molecule has 4 N–H and O–H groups in total. The van der Waals surface area contributed by atoms with Gasteiger partial charge in [0.05, 0.1) is 28.0 Å². The van der Waals surface area contributed by atoms with Gasteiger partial charge in [0, 0.05) is 60.5 Å². The van der Waals surface area contributed by atoms with E-state index in [9.17, 15) is 14.0 Å². The van der Waals surface area contributed by atoms with Gasteiger partial charge in [-0.15, -0.1) is 0 Å². The number of aromatic amines is 1. The fourth-order valence-corrected chi connectivity index (χ4v) is 4.27. The highest BCUT2D eigenvalue weighted by Gasteiger charge is 2.28. The Hall–Kier alpha value is -4.42. The van der Waals surface area contributed by atoms with Gasteiger partial charge >= 0.3 is 0 Å². The van der Waals surface area contributed by atoms with E-state index in [2.05, 4.69) is 37.8 Å². The quantitative estimate of drug-likeness (QED) is 0.275. The molecular formula is C30H33FN6O2. The Morgan fingerprint density at radius 2 is 2.08 bits per heavy atom. The SMILES string of the molecule is Cc1c(F)cccc1Nc1c(-c2ccncc2C#CC(C)(C)NC(=O)/C=C/CN(C)C)[nH]c2c1C(=O)NCC2. The van der Waals surface area contributed by atoms with Gasteiger partial charge in [-0.05, 0) is 53.1 Å². The number of likely N-dealkylation sites (N-methyl/N-ethyl adjacent to an activating group) is 1. The first-order valence-electron chi connectivity index (χ1n) is 12.7. The van der Waals surface area contributed by atoms with Crippen LogP contribution in [-0.2, 0) is 11.2 Å². The second kappa shape index (κ2) is 11.5. The number of fused-ring (bicyclic) bond motifs is 1. The monoisotopic (exact) mass is 528 g/mol. The predicted molar refractivity (Wildman–Crippen MR) is 151 cm³/mol. The fraction of sp³-hybridized carbons (Fsp3) is 0.300. The van der Waals surface area contributed by atoms with E-state index < -0.39 is 5.54 Å². The summed E-state index contributed by atoms with van der Waals surface area (Å²) in [4.78, 5) is 34.9. The summed E-state index contributed by atoms with van der Waals surface area (Å²) in [5.41, 5.74) is 4.01. The van der Waals surface area contributed by atoms with Gasteiger partial charge in [-0.25, -0.2) is 4.39 Å². The van der Waals surface area contributed by atoms with Crippen molar-refractivity contribution in [1.82, 2.24) is 25.5 Å². The van der Waals surface area contributed by atoms with E-state index in [1.54, 1.807) is 37.5 Å². The van der Waals surface area contributed by atoms with Crippen LogP contribution < -0.4 is 16.0 Å². The number of nitrogens with zero attached hydrogens (tertiary/aromatic N) is 2. The number of carbonyl (C=O) groups excluding carboxylic acids is 2. The summed E-state index contributed by atoms with van der Waals surface area (Å²) in [5.74, 6) is 5.53. The van der Waals surface area contributed by atoms with Crippen molar-refractivity contribution >= 4 is 23.2 Å². The normalized spacial score (nSPS) is 13.1. The van der Waals surface area contributed by atoms with Crippen LogP contribution in [0.2, 0.25) is 0 Å². The highest BCUT2D eigenvalue weighted by Crippen LogP contribution is 2.38. The third-order valence-electron chi connectivity index (χ3n) is 6.27. The second-order valence-electron chi connectivity index (χ2n) is 10.2. The van der Waals surface area contributed by atoms with Gasteiger partial charge in [0.2, 0.25) is 5.91 Å². The molecule has 1 aliphatic rings. The molecule has 202 valence electrons.